The van der Waals surface area contributed by atoms with E-state index in [2.05, 4.69) is 33.6 Å². The number of halogens is 1. The van der Waals surface area contributed by atoms with Crippen molar-refractivity contribution in [1.82, 2.24) is 14.9 Å². The zero-order valence-corrected chi connectivity index (χ0v) is 12.7. The van der Waals surface area contributed by atoms with Crippen molar-refractivity contribution in [3.8, 4) is 0 Å². The SMILES string of the molecule is CCN(CC)C[C@@H]1CO[C@@H]2CN(c3ncc(F)cn3)C[C@H]12. The summed E-state index contributed by atoms with van der Waals surface area (Å²) in [6, 6.07) is 0. The van der Waals surface area contributed by atoms with Gasteiger partial charge in [-0.3, -0.25) is 0 Å². The minimum Gasteiger partial charge on any atom is -0.376 e. The Bertz CT molecular complexity index is 465. The van der Waals surface area contributed by atoms with E-state index in [-0.39, 0.29) is 6.10 Å². The van der Waals surface area contributed by atoms with Gasteiger partial charge in [0.2, 0.25) is 5.95 Å². The molecule has 1 aromatic heterocycles. The molecule has 0 saturated carbocycles. The fourth-order valence-corrected chi connectivity index (χ4v) is 3.43. The maximum absolute atomic E-state index is 12.9. The molecule has 2 fully saturated rings. The first-order chi connectivity index (χ1) is 10.2. The van der Waals surface area contributed by atoms with Crippen molar-refractivity contribution in [2.24, 2.45) is 11.8 Å². The average Bonchev–Trinajstić information content (AvgIpc) is 3.07. The molecule has 21 heavy (non-hydrogen) atoms. The van der Waals surface area contributed by atoms with Gasteiger partial charge in [0, 0.05) is 31.5 Å². The number of nitrogens with zero attached hydrogens (tertiary/aromatic N) is 4. The molecule has 0 amide bonds. The molecule has 0 radical (unpaired) electrons. The molecule has 0 unspecified atom stereocenters. The number of hydrogen-bond donors (Lipinski definition) is 0. The zero-order chi connectivity index (χ0) is 14.8. The molecule has 2 saturated heterocycles. The van der Waals surface area contributed by atoms with E-state index < -0.39 is 5.82 Å². The number of hydrogen-bond acceptors (Lipinski definition) is 5. The fraction of sp³-hybridized carbons (Fsp3) is 0.733. The predicted molar refractivity (Wildman–Crippen MR) is 78.7 cm³/mol. The first kappa shape index (κ1) is 14.7. The highest BCUT2D eigenvalue weighted by molar-refractivity contribution is 5.32. The Labute approximate surface area is 125 Å². The van der Waals surface area contributed by atoms with Gasteiger partial charge in [-0.15, -0.1) is 0 Å². The molecule has 0 aliphatic carbocycles. The third kappa shape index (κ3) is 3.01. The highest BCUT2D eigenvalue weighted by Gasteiger charge is 2.44. The molecule has 0 N–H and O–H groups in total. The summed E-state index contributed by atoms with van der Waals surface area (Å²) in [6.45, 7) is 10.2. The largest absolute Gasteiger partial charge is 0.376 e. The molecule has 0 bridgehead atoms. The molecule has 0 aromatic carbocycles. The van der Waals surface area contributed by atoms with Crippen LogP contribution < -0.4 is 4.90 Å². The molecule has 3 heterocycles. The zero-order valence-electron chi connectivity index (χ0n) is 12.7. The van der Waals surface area contributed by atoms with Crippen LogP contribution in [0.1, 0.15) is 13.8 Å². The number of rotatable bonds is 5. The molecular weight excluding hydrogens is 271 g/mol. The maximum atomic E-state index is 12.9. The van der Waals surface area contributed by atoms with Gasteiger partial charge in [-0.25, -0.2) is 14.4 Å². The van der Waals surface area contributed by atoms with Crippen LogP contribution in [-0.4, -0.2) is 60.3 Å². The number of fused-ring (bicyclic) bond motifs is 1. The second-order valence-corrected chi connectivity index (χ2v) is 5.89. The van der Waals surface area contributed by atoms with Crippen LogP contribution in [0.5, 0.6) is 0 Å². The summed E-state index contributed by atoms with van der Waals surface area (Å²) in [5.41, 5.74) is 0. The molecule has 5 nitrogen and oxygen atoms in total. The second kappa shape index (κ2) is 6.23. The third-order valence-corrected chi connectivity index (χ3v) is 4.72. The van der Waals surface area contributed by atoms with Gasteiger partial charge in [-0.05, 0) is 13.1 Å². The standard InChI is InChI=1S/C15H23FN4O/c1-3-19(4-2)7-11-10-21-14-9-20(8-13(11)14)15-17-5-12(16)6-18-15/h5-6,11,13-14H,3-4,7-10H2,1-2H3/t11-,13-,14-/m1/s1. The molecule has 2 aliphatic heterocycles. The number of ether oxygens (including phenoxy) is 1. The van der Waals surface area contributed by atoms with E-state index in [4.69, 9.17) is 4.74 Å². The Morgan fingerprint density at radius 2 is 2.00 bits per heavy atom. The third-order valence-electron chi connectivity index (χ3n) is 4.72. The highest BCUT2D eigenvalue weighted by atomic mass is 19.1. The topological polar surface area (TPSA) is 41.5 Å². The van der Waals surface area contributed by atoms with E-state index in [1.165, 1.54) is 12.4 Å². The van der Waals surface area contributed by atoms with Crippen LogP contribution in [0, 0.1) is 17.7 Å². The van der Waals surface area contributed by atoms with Gasteiger partial charge < -0.3 is 14.5 Å². The minimum atomic E-state index is -0.395. The van der Waals surface area contributed by atoms with Crippen LogP contribution >= 0.6 is 0 Å². The van der Waals surface area contributed by atoms with Gasteiger partial charge in [-0.1, -0.05) is 13.8 Å². The Morgan fingerprint density at radius 3 is 2.67 bits per heavy atom. The molecule has 3 rings (SSSR count). The maximum Gasteiger partial charge on any atom is 0.225 e. The lowest BCUT2D eigenvalue weighted by atomic mass is 9.92. The summed E-state index contributed by atoms with van der Waals surface area (Å²) in [7, 11) is 0. The Balaban J connectivity index is 1.64. The molecule has 2 aliphatic rings. The number of anilines is 1. The lowest BCUT2D eigenvalue weighted by molar-refractivity contribution is 0.109. The van der Waals surface area contributed by atoms with Crippen LogP contribution in [0.2, 0.25) is 0 Å². The number of aromatic nitrogens is 2. The molecule has 3 atom stereocenters. The van der Waals surface area contributed by atoms with Gasteiger partial charge in [0.25, 0.3) is 0 Å². The van der Waals surface area contributed by atoms with Crippen molar-refractivity contribution in [2.75, 3.05) is 44.2 Å². The highest BCUT2D eigenvalue weighted by Crippen LogP contribution is 2.35. The first-order valence-corrected chi connectivity index (χ1v) is 7.77. The molecule has 0 spiro atoms. The summed E-state index contributed by atoms with van der Waals surface area (Å²) in [4.78, 5) is 12.7. The van der Waals surface area contributed by atoms with E-state index in [9.17, 15) is 4.39 Å². The van der Waals surface area contributed by atoms with E-state index in [0.717, 1.165) is 39.3 Å². The van der Waals surface area contributed by atoms with Crippen LogP contribution in [-0.2, 0) is 4.74 Å². The normalized spacial score (nSPS) is 28.4. The fourth-order valence-electron chi connectivity index (χ4n) is 3.43. The van der Waals surface area contributed by atoms with Gasteiger partial charge >= 0.3 is 0 Å². The second-order valence-electron chi connectivity index (χ2n) is 5.89. The minimum absolute atomic E-state index is 0.263. The molecule has 116 valence electrons. The van der Waals surface area contributed by atoms with Crippen LogP contribution in [0.25, 0.3) is 0 Å². The first-order valence-electron chi connectivity index (χ1n) is 7.77. The van der Waals surface area contributed by atoms with E-state index in [1.54, 1.807) is 0 Å². The van der Waals surface area contributed by atoms with Crippen molar-refractivity contribution >= 4 is 5.95 Å². The molecule has 1 aromatic rings. The smallest absolute Gasteiger partial charge is 0.225 e. The summed E-state index contributed by atoms with van der Waals surface area (Å²) in [5, 5.41) is 0. The summed E-state index contributed by atoms with van der Waals surface area (Å²) in [6.07, 6.45) is 2.72. The molecular formula is C15H23FN4O. The van der Waals surface area contributed by atoms with Crippen LogP contribution in [0.4, 0.5) is 10.3 Å². The predicted octanol–water partition coefficient (Wildman–Crippen LogP) is 1.41. The van der Waals surface area contributed by atoms with E-state index >= 15 is 0 Å². The van der Waals surface area contributed by atoms with Crippen molar-refractivity contribution in [2.45, 2.75) is 20.0 Å². The van der Waals surface area contributed by atoms with Gasteiger partial charge in [-0.2, -0.15) is 0 Å². The Morgan fingerprint density at radius 1 is 1.29 bits per heavy atom. The van der Waals surface area contributed by atoms with Crippen LogP contribution in [0.15, 0.2) is 12.4 Å². The molecule has 6 heteroatoms. The van der Waals surface area contributed by atoms with Crippen molar-refractivity contribution in [3.63, 3.8) is 0 Å². The van der Waals surface area contributed by atoms with Crippen molar-refractivity contribution in [3.05, 3.63) is 18.2 Å². The van der Waals surface area contributed by atoms with E-state index in [1.807, 2.05) is 0 Å². The summed E-state index contributed by atoms with van der Waals surface area (Å²) < 4.78 is 18.9. The quantitative estimate of drug-likeness (QED) is 0.821. The van der Waals surface area contributed by atoms with Gasteiger partial charge in [0.05, 0.1) is 25.1 Å². The lowest BCUT2D eigenvalue weighted by Crippen LogP contribution is -2.34. The summed E-state index contributed by atoms with van der Waals surface area (Å²) >= 11 is 0. The average molecular weight is 294 g/mol. The Kier molecular flexibility index (Phi) is 4.35. The van der Waals surface area contributed by atoms with Gasteiger partial charge in [0.15, 0.2) is 5.82 Å². The Hall–Kier alpha value is -1.27. The van der Waals surface area contributed by atoms with Crippen LogP contribution in [0.3, 0.4) is 0 Å². The van der Waals surface area contributed by atoms with Crippen molar-refractivity contribution in [1.29, 1.82) is 0 Å². The van der Waals surface area contributed by atoms with Crippen molar-refractivity contribution < 1.29 is 9.13 Å². The summed E-state index contributed by atoms with van der Waals surface area (Å²) in [5.74, 6) is 1.31. The van der Waals surface area contributed by atoms with E-state index in [0.29, 0.717) is 17.8 Å². The van der Waals surface area contributed by atoms with Gasteiger partial charge in [0.1, 0.15) is 0 Å². The monoisotopic (exact) mass is 294 g/mol. The lowest BCUT2D eigenvalue weighted by Gasteiger charge is -2.25.